The molecule has 0 heterocycles. The Morgan fingerprint density at radius 1 is 0.455 bits per heavy atom. The maximum atomic E-state index is 11.9. The molecule has 0 aliphatic heterocycles. The highest BCUT2D eigenvalue weighted by Gasteiger charge is 2.09. The maximum absolute atomic E-state index is 11.9. The van der Waals surface area contributed by atoms with Gasteiger partial charge in [0, 0.05) is 12.8 Å². The van der Waals surface area contributed by atoms with E-state index < -0.39 is 7.82 Å². The first-order valence-corrected chi connectivity index (χ1v) is 19.6. The summed E-state index contributed by atoms with van der Waals surface area (Å²) in [6.07, 6.45) is 42.2. The first-order chi connectivity index (χ1) is 21.2. The SMILES string of the molecule is CCCCCCCCC=CCCCCCCCC(=O)OC(=O)CCCCCCC/C=C\CCCCCCCC.O=P(O)(O)O. The lowest BCUT2D eigenvalue weighted by atomic mass is 10.1. The van der Waals surface area contributed by atoms with Crippen molar-refractivity contribution in [3.63, 3.8) is 0 Å². The third-order valence-electron chi connectivity index (χ3n) is 7.51. The van der Waals surface area contributed by atoms with Crippen LogP contribution in [0, 0.1) is 0 Å². The average Bonchev–Trinajstić information content (AvgIpc) is 2.96. The van der Waals surface area contributed by atoms with Crippen LogP contribution < -0.4 is 0 Å². The Balaban J connectivity index is 0. The van der Waals surface area contributed by atoms with Crippen molar-refractivity contribution in [3.8, 4) is 0 Å². The summed E-state index contributed by atoms with van der Waals surface area (Å²) in [6, 6.07) is 0. The van der Waals surface area contributed by atoms with Crippen molar-refractivity contribution in [1.82, 2.24) is 0 Å². The molecule has 0 amide bonds. The second-order valence-corrected chi connectivity index (χ2v) is 13.1. The third-order valence-corrected chi connectivity index (χ3v) is 7.51. The van der Waals surface area contributed by atoms with E-state index >= 15 is 0 Å². The lowest BCUT2D eigenvalue weighted by molar-refractivity contribution is -0.159. The largest absolute Gasteiger partial charge is 0.466 e. The Bertz CT molecular complexity index is 672. The molecule has 0 spiro atoms. The highest BCUT2D eigenvalue weighted by Crippen LogP contribution is 2.25. The van der Waals surface area contributed by atoms with E-state index in [-0.39, 0.29) is 11.9 Å². The molecule has 44 heavy (non-hydrogen) atoms. The van der Waals surface area contributed by atoms with Crippen LogP contribution in [0.3, 0.4) is 0 Å². The van der Waals surface area contributed by atoms with Gasteiger partial charge in [0.25, 0.3) is 0 Å². The van der Waals surface area contributed by atoms with Crippen LogP contribution in [0.15, 0.2) is 24.3 Å². The highest BCUT2D eigenvalue weighted by atomic mass is 31.2. The molecule has 0 aliphatic rings. The number of carbonyl (C=O) groups is 2. The van der Waals surface area contributed by atoms with Gasteiger partial charge in [-0.25, -0.2) is 4.57 Å². The van der Waals surface area contributed by atoms with Gasteiger partial charge in [0.05, 0.1) is 0 Å². The first kappa shape index (κ1) is 44.9. The second kappa shape index (κ2) is 36.2. The Morgan fingerprint density at radius 2 is 0.682 bits per heavy atom. The number of carbonyl (C=O) groups excluding carboxylic acids is 2. The van der Waals surface area contributed by atoms with Crippen LogP contribution in [-0.2, 0) is 18.9 Å². The molecule has 0 aromatic rings. The van der Waals surface area contributed by atoms with E-state index in [0.29, 0.717) is 12.8 Å². The summed E-state index contributed by atoms with van der Waals surface area (Å²) in [7, 11) is -4.64. The molecule has 0 saturated carbocycles. The predicted octanol–water partition coefficient (Wildman–Crippen LogP) is 11.2. The van der Waals surface area contributed by atoms with E-state index in [0.717, 1.165) is 38.5 Å². The quantitative estimate of drug-likeness (QED) is 0.0234. The van der Waals surface area contributed by atoms with Gasteiger partial charge in [-0.1, -0.05) is 141 Å². The molecule has 0 bridgehead atoms. The van der Waals surface area contributed by atoms with Gasteiger partial charge >= 0.3 is 19.8 Å². The van der Waals surface area contributed by atoms with Gasteiger partial charge in [-0.15, -0.1) is 0 Å². The molecule has 0 saturated heterocycles. The molecule has 0 aromatic heterocycles. The third kappa shape index (κ3) is 47.7. The fourth-order valence-corrected chi connectivity index (χ4v) is 4.91. The molecule has 3 N–H and O–H groups in total. The van der Waals surface area contributed by atoms with Crippen molar-refractivity contribution in [2.24, 2.45) is 0 Å². The molecular formula is C36H69O7P. The van der Waals surface area contributed by atoms with Gasteiger partial charge in [0.1, 0.15) is 0 Å². The normalized spacial score (nSPS) is 11.7. The van der Waals surface area contributed by atoms with Gasteiger partial charge in [-0.05, 0) is 64.2 Å². The van der Waals surface area contributed by atoms with Crippen molar-refractivity contribution in [1.29, 1.82) is 0 Å². The zero-order valence-electron chi connectivity index (χ0n) is 28.5. The number of hydrogen-bond donors (Lipinski definition) is 3. The monoisotopic (exact) mass is 644 g/mol. The lowest BCUT2D eigenvalue weighted by Crippen LogP contribution is -2.11. The van der Waals surface area contributed by atoms with Gasteiger partial charge in [-0.3, -0.25) is 9.59 Å². The van der Waals surface area contributed by atoms with E-state index in [4.69, 9.17) is 24.0 Å². The molecule has 0 aromatic carbocycles. The Labute approximate surface area is 271 Å². The summed E-state index contributed by atoms with van der Waals surface area (Å²) in [5.41, 5.74) is 0. The zero-order valence-corrected chi connectivity index (χ0v) is 29.4. The molecule has 260 valence electrons. The topological polar surface area (TPSA) is 121 Å². The van der Waals surface area contributed by atoms with Crippen molar-refractivity contribution in [3.05, 3.63) is 24.3 Å². The summed E-state index contributed by atoms with van der Waals surface area (Å²) >= 11 is 0. The number of hydrogen-bond acceptors (Lipinski definition) is 4. The number of phosphoric acid groups is 1. The number of rotatable bonds is 30. The molecule has 0 atom stereocenters. The number of ether oxygens (including phenoxy) is 1. The fraction of sp³-hybridized carbons (Fsp3) is 0.833. The van der Waals surface area contributed by atoms with Crippen LogP contribution >= 0.6 is 7.82 Å². The maximum Gasteiger partial charge on any atom is 0.466 e. The van der Waals surface area contributed by atoms with Crippen LogP contribution in [0.25, 0.3) is 0 Å². The Hall–Kier alpha value is -1.27. The minimum atomic E-state index is -4.64. The van der Waals surface area contributed by atoms with E-state index in [1.54, 1.807) is 0 Å². The van der Waals surface area contributed by atoms with Crippen molar-refractivity contribution < 1.29 is 33.6 Å². The number of allylic oxidation sites excluding steroid dienone is 4. The van der Waals surface area contributed by atoms with E-state index in [9.17, 15) is 9.59 Å². The summed E-state index contributed by atoms with van der Waals surface area (Å²) in [5.74, 6) is -0.684. The van der Waals surface area contributed by atoms with Gasteiger partial charge in [0.2, 0.25) is 0 Å². The Kier molecular flexibility index (Phi) is 36.9. The van der Waals surface area contributed by atoms with E-state index in [2.05, 4.69) is 38.2 Å². The summed E-state index contributed by atoms with van der Waals surface area (Å²) in [6.45, 7) is 4.53. The Morgan fingerprint density at radius 3 is 0.955 bits per heavy atom. The molecular weight excluding hydrogens is 575 g/mol. The smallest absolute Gasteiger partial charge is 0.393 e. The average molecular weight is 645 g/mol. The van der Waals surface area contributed by atoms with Gasteiger partial charge < -0.3 is 19.4 Å². The molecule has 7 nitrogen and oxygen atoms in total. The van der Waals surface area contributed by atoms with Crippen molar-refractivity contribution in [2.45, 2.75) is 194 Å². The van der Waals surface area contributed by atoms with Gasteiger partial charge in [-0.2, -0.15) is 0 Å². The van der Waals surface area contributed by atoms with Crippen LogP contribution in [0.4, 0.5) is 0 Å². The van der Waals surface area contributed by atoms with Crippen LogP contribution in [0.1, 0.15) is 194 Å². The molecule has 0 unspecified atom stereocenters. The predicted molar refractivity (Wildman–Crippen MR) is 184 cm³/mol. The number of esters is 2. The number of unbranched alkanes of at least 4 members (excludes halogenated alkanes) is 22. The standard InChI is InChI=1S/C36H66O3.H3O4P/c1-3-5-7-9-11-13-15-17-19-21-23-25-27-29-31-33-35(37)39-36(38)34-32-30-28-26-24-22-20-18-16-14-12-10-8-6-4-2;1-5(2,3)4/h17-20H,3-16,21-34H2,1-2H3;(H3,1,2,3,4)/b19-17-,20-18?;. The fourth-order valence-electron chi connectivity index (χ4n) is 4.91. The molecule has 0 radical (unpaired) electrons. The minimum Gasteiger partial charge on any atom is -0.393 e. The second-order valence-electron chi connectivity index (χ2n) is 12.0. The van der Waals surface area contributed by atoms with Crippen molar-refractivity contribution in [2.75, 3.05) is 0 Å². The first-order valence-electron chi connectivity index (χ1n) is 18.0. The van der Waals surface area contributed by atoms with Crippen LogP contribution in [0.5, 0.6) is 0 Å². The van der Waals surface area contributed by atoms with Crippen LogP contribution in [0.2, 0.25) is 0 Å². The van der Waals surface area contributed by atoms with Gasteiger partial charge in [0.15, 0.2) is 0 Å². The minimum absolute atomic E-state index is 0.342. The molecule has 0 aliphatic carbocycles. The zero-order chi connectivity index (χ0) is 33.0. The summed E-state index contributed by atoms with van der Waals surface area (Å²) in [4.78, 5) is 45.3. The van der Waals surface area contributed by atoms with Crippen molar-refractivity contribution >= 4 is 19.8 Å². The molecule has 8 heteroatoms. The molecule has 0 fully saturated rings. The lowest BCUT2D eigenvalue weighted by Gasteiger charge is -2.04. The molecule has 0 rings (SSSR count). The van der Waals surface area contributed by atoms with Crippen LogP contribution in [-0.4, -0.2) is 26.6 Å². The summed E-state index contributed by atoms with van der Waals surface area (Å²) in [5, 5.41) is 0. The van der Waals surface area contributed by atoms with E-state index in [1.165, 1.54) is 128 Å². The van der Waals surface area contributed by atoms with E-state index in [1.807, 2.05) is 0 Å². The summed E-state index contributed by atoms with van der Waals surface area (Å²) < 4.78 is 13.9. The highest BCUT2D eigenvalue weighted by molar-refractivity contribution is 7.45.